The van der Waals surface area contributed by atoms with Crippen molar-refractivity contribution in [3.63, 3.8) is 0 Å². The fourth-order valence-corrected chi connectivity index (χ4v) is 1.92. The zero-order valence-electron chi connectivity index (χ0n) is 7.98. The van der Waals surface area contributed by atoms with Crippen LogP contribution in [0.15, 0.2) is 18.5 Å². The molecule has 2 heterocycles. The third-order valence-corrected chi connectivity index (χ3v) is 2.65. The Labute approximate surface area is 96.9 Å². The SMILES string of the molecule is Cc1nn(-c2ncccn2)c(Cl)c1CCl. The predicted molar refractivity (Wildman–Crippen MR) is 58.5 cm³/mol. The zero-order valence-corrected chi connectivity index (χ0v) is 9.50. The third kappa shape index (κ3) is 1.82. The third-order valence-electron chi connectivity index (χ3n) is 2.00. The van der Waals surface area contributed by atoms with Gasteiger partial charge in [0, 0.05) is 18.0 Å². The molecule has 0 aromatic carbocycles. The summed E-state index contributed by atoms with van der Waals surface area (Å²) in [4.78, 5) is 8.12. The second kappa shape index (κ2) is 4.16. The molecule has 6 heteroatoms. The average Bonchev–Trinajstić information content (AvgIpc) is 2.55. The van der Waals surface area contributed by atoms with E-state index in [1.807, 2.05) is 6.92 Å². The molecule has 0 aliphatic heterocycles. The zero-order chi connectivity index (χ0) is 10.8. The normalized spacial score (nSPS) is 10.6. The number of hydrogen-bond donors (Lipinski definition) is 0. The van der Waals surface area contributed by atoms with Gasteiger partial charge in [0.2, 0.25) is 0 Å². The van der Waals surface area contributed by atoms with Crippen LogP contribution >= 0.6 is 23.2 Å². The fourth-order valence-electron chi connectivity index (χ4n) is 1.22. The first-order chi connectivity index (χ1) is 7.24. The first-order valence-corrected chi connectivity index (χ1v) is 5.22. The van der Waals surface area contributed by atoms with E-state index >= 15 is 0 Å². The summed E-state index contributed by atoms with van der Waals surface area (Å²) in [6.07, 6.45) is 3.27. The number of hydrogen-bond acceptors (Lipinski definition) is 3. The minimum Gasteiger partial charge on any atom is -0.220 e. The van der Waals surface area contributed by atoms with Crippen molar-refractivity contribution >= 4 is 23.2 Å². The van der Waals surface area contributed by atoms with Crippen molar-refractivity contribution in [1.82, 2.24) is 19.7 Å². The Morgan fingerprint density at radius 3 is 2.53 bits per heavy atom. The number of aromatic nitrogens is 4. The van der Waals surface area contributed by atoms with Gasteiger partial charge in [-0.2, -0.15) is 9.78 Å². The molecular formula is C9H8Cl2N4. The highest BCUT2D eigenvalue weighted by Crippen LogP contribution is 2.23. The highest BCUT2D eigenvalue weighted by molar-refractivity contribution is 6.31. The van der Waals surface area contributed by atoms with Gasteiger partial charge in [-0.3, -0.25) is 0 Å². The van der Waals surface area contributed by atoms with Crippen LogP contribution in [-0.4, -0.2) is 19.7 Å². The Kier molecular flexibility index (Phi) is 2.88. The number of halogens is 2. The van der Waals surface area contributed by atoms with E-state index in [1.165, 1.54) is 4.68 Å². The largest absolute Gasteiger partial charge is 0.251 e. The molecule has 0 saturated carbocycles. The van der Waals surface area contributed by atoms with Crippen LogP contribution in [0.25, 0.3) is 5.95 Å². The Balaban J connectivity index is 2.55. The molecule has 4 nitrogen and oxygen atoms in total. The molecule has 2 aromatic heterocycles. The van der Waals surface area contributed by atoms with Crippen molar-refractivity contribution in [2.75, 3.05) is 0 Å². The Bertz CT molecular complexity index is 466. The molecule has 0 saturated heterocycles. The number of alkyl halides is 1. The molecule has 0 bridgehead atoms. The van der Waals surface area contributed by atoms with Crippen molar-refractivity contribution in [1.29, 1.82) is 0 Å². The Morgan fingerprint density at radius 2 is 2.00 bits per heavy atom. The molecule has 2 aromatic rings. The molecule has 0 fully saturated rings. The topological polar surface area (TPSA) is 43.6 Å². The van der Waals surface area contributed by atoms with Crippen molar-refractivity contribution in [3.05, 3.63) is 34.9 Å². The van der Waals surface area contributed by atoms with Crippen molar-refractivity contribution in [3.8, 4) is 5.95 Å². The minimum absolute atomic E-state index is 0.331. The van der Waals surface area contributed by atoms with Gasteiger partial charge in [0.25, 0.3) is 5.95 Å². The maximum atomic E-state index is 6.10. The lowest BCUT2D eigenvalue weighted by Gasteiger charge is -1.99. The molecule has 0 unspecified atom stereocenters. The lowest BCUT2D eigenvalue weighted by atomic mass is 10.3. The Hall–Kier alpha value is -1.13. The van der Waals surface area contributed by atoms with Crippen molar-refractivity contribution in [2.45, 2.75) is 12.8 Å². The molecule has 2 rings (SSSR count). The van der Waals surface area contributed by atoms with Gasteiger partial charge < -0.3 is 0 Å². The van der Waals surface area contributed by atoms with Gasteiger partial charge in [-0.1, -0.05) is 11.6 Å². The second-order valence-corrected chi connectivity index (χ2v) is 3.57. The molecule has 0 radical (unpaired) electrons. The van der Waals surface area contributed by atoms with E-state index in [2.05, 4.69) is 15.1 Å². The standard InChI is InChI=1S/C9H8Cl2N4/c1-6-7(5-10)8(11)15(14-6)9-12-3-2-4-13-9/h2-4H,5H2,1H3. The molecule has 15 heavy (non-hydrogen) atoms. The van der Waals surface area contributed by atoms with Gasteiger partial charge in [0.15, 0.2) is 0 Å². The maximum absolute atomic E-state index is 6.10. The van der Waals surface area contributed by atoms with Crippen LogP contribution < -0.4 is 0 Å². The molecule has 0 N–H and O–H groups in total. The summed E-state index contributed by atoms with van der Waals surface area (Å²) in [6.45, 7) is 1.85. The van der Waals surface area contributed by atoms with E-state index < -0.39 is 0 Å². The van der Waals surface area contributed by atoms with Crippen LogP contribution in [0.5, 0.6) is 0 Å². The first-order valence-electron chi connectivity index (χ1n) is 4.31. The molecular weight excluding hydrogens is 235 g/mol. The summed E-state index contributed by atoms with van der Waals surface area (Å²) in [6, 6.07) is 1.73. The molecule has 0 aliphatic rings. The number of nitrogens with zero attached hydrogens (tertiary/aromatic N) is 4. The lowest BCUT2D eigenvalue weighted by molar-refractivity contribution is 0.797. The van der Waals surface area contributed by atoms with Gasteiger partial charge in [0.05, 0.1) is 11.6 Å². The van der Waals surface area contributed by atoms with Crippen molar-refractivity contribution in [2.24, 2.45) is 0 Å². The quantitative estimate of drug-likeness (QED) is 0.760. The Morgan fingerprint density at radius 1 is 1.33 bits per heavy atom. The average molecular weight is 243 g/mol. The van der Waals surface area contributed by atoms with Crippen LogP contribution in [0.2, 0.25) is 5.15 Å². The molecule has 78 valence electrons. The van der Waals surface area contributed by atoms with Crippen LogP contribution in [0.3, 0.4) is 0 Å². The highest BCUT2D eigenvalue weighted by atomic mass is 35.5. The summed E-state index contributed by atoms with van der Waals surface area (Å²) in [5.41, 5.74) is 1.60. The molecule has 0 atom stereocenters. The summed E-state index contributed by atoms with van der Waals surface area (Å²) in [5, 5.41) is 4.69. The van der Waals surface area contributed by atoms with E-state index in [0.29, 0.717) is 17.0 Å². The van der Waals surface area contributed by atoms with Gasteiger partial charge in [-0.15, -0.1) is 11.6 Å². The van der Waals surface area contributed by atoms with Gasteiger partial charge in [-0.05, 0) is 13.0 Å². The monoisotopic (exact) mass is 242 g/mol. The molecule has 0 amide bonds. The van der Waals surface area contributed by atoms with Gasteiger partial charge in [0.1, 0.15) is 5.15 Å². The first kappa shape index (κ1) is 10.4. The summed E-state index contributed by atoms with van der Waals surface area (Å²) in [7, 11) is 0. The minimum atomic E-state index is 0.331. The van der Waals surface area contributed by atoms with Crippen LogP contribution in [0.1, 0.15) is 11.3 Å². The van der Waals surface area contributed by atoms with Crippen LogP contribution in [0, 0.1) is 6.92 Å². The van der Waals surface area contributed by atoms with E-state index in [9.17, 15) is 0 Å². The van der Waals surface area contributed by atoms with E-state index in [1.54, 1.807) is 18.5 Å². The molecule has 0 spiro atoms. The van der Waals surface area contributed by atoms with Crippen molar-refractivity contribution < 1.29 is 0 Å². The lowest BCUT2D eigenvalue weighted by Crippen LogP contribution is -2.02. The van der Waals surface area contributed by atoms with Gasteiger partial charge >= 0.3 is 0 Å². The van der Waals surface area contributed by atoms with E-state index in [0.717, 1.165) is 11.3 Å². The number of rotatable bonds is 2. The second-order valence-electron chi connectivity index (χ2n) is 2.95. The maximum Gasteiger partial charge on any atom is 0.251 e. The predicted octanol–water partition coefficient (Wildman–Crippen LogP) is 2.36. The van der Waals surface area contributed by atoms with Gasteiger partial charge in [-0.25, -0.2) is 9.97 Å². The fraction of sp³-hybridized carbons (Fsp3) is 0.222. The van der Waals surface area contributed by atoms with E-state index in [-0.39, 0.29) is 0 Å². The molecule has 0 aliphatic carbocycles. The van der Waals surface area contributed by atoms with Crippen LogP contribution in [-0.2, 0) is 5.88 Å². The van der Waals surface area contributed by atoms with E-state index in [4.69, 9.17) is 23.2 Å². The van der Waals surface area contributed by atoms with Crippen LogP contribution in [0.4, 0.5) is 0 Å². The summed E-state index contributed by atoms with van der Waals surface area (Å²) >= 11 is 11.9. The number of aryl methyl sites for hydroxylation is 1. The summed E-state index contributed by atoms with van der Waals surface area (Å²) in [5.74, 6) is 0.777. The smallest absolute Gasteiger partial charge is 0.220 e. The highest BCUT2D eigenvalue weighted by Gasteiger charge is 2.14. The summed E-state index contributed by atoms with van der Waals surface area (Å²) < 4.78 is 1.48.